The lowest BCUT2D eigenvalue weighted by molar-refractivity contribution is -0.330. The van der Waals surface area contributed by atoms with Gasteiger partial charge in [-0.1, -0.05) is 115 Å². The van der Waals surface area contributed by atoms with Crippen LogP contribution in [-0.4, -0.2) is 200 Å². The highest BCUT2D eigenvalue weighted by atomic mass is 35.5. The molecule has 0 aliphatic carbocycles. The summed E-state index contributed by atoms with van der Waals surface area (Å²) in [6.07, 6.45) is -18.3. The van der Waals surface area contributed by atoms with Gasteiger partial charge in [0.2, 0.25) is 59.3 Å². The van der Waals surface area contributed by atoms with Gasteiger partial charge in [0.15, 0.2) is 35.1 Å². The second kappa shape index (κ2) is 36.7. The van der Waals surface area contributed by atoms with Crippen LogP contribution in [-0.2, 0) is 59.1 Å². The first-order valence-corrected chi connectivity index (χ1v) is 40.1. The number of anilines is 1. The van der Waals surface area contributed by atoms with Crippen molar-refractivity contribution in [1.29, 1.82) is 0 Å². The van der Waals surface area contributed by atoms with Gasteiger partial charge >= 0.3 is 5.97 Å². The molecule has 2 fully saturated rings. The number of thioether (sulfide) groups is 1. The molecule has 18 atom stereocenters. The van der Waals surface area contributed by atoms with Crippen LogP contribution in [0.1, 0.15) is 111 Å². The fraction of sp³-hybridized carbons (Fsp3) is 0.358. The van der Waals surface area contributed by atoms with Crippen molar-refractivity contribution in [2.75, 3.05) is 18.5 Å². The molecule has 7 aromatic carbocycles. The number of ether oxygens (including phenoxy) is 6. The molecule has 40 heteroatoms. The molecular formula is C81H86Cl3N13O23S. The Balaban J connectivity index is 0.998. The van der Waals surface area contributed by atoms with Gasteiger partial charge < -0.3 is 128 Å². The van der Waals surface area contributed by atoms with Crippen molar-refractivity contribution in [3.8, 4) is 68.2 Å². The van der Waals surface area contributed by atoms with Crippen LogP contribution in [0.2, 0.25) is 15.1 Å². The van der Waals surface area contributed by atoms with Crippen molar-refractivity contribution in [2.24, 2.45) is 11.7 Å². The molecule has 7 aliphatic rings. The number of carbonyl (C=O) groups excluding carboxylic acids is 7. The summed E-state index contributed by atoms with van der Waals surface area (Å²) >= 11 is 21.6. The number of nitrogens with one attached hydrogen (secondary N) is 9. The predicted molar refractivity (Wildman–Crippen MR) is 433 cm³/mol. The number of aromatic amines is 1. The summed E-state index contributed by atoms with van der Waals surface area (Å²) in [6.45, 7) is 7.17. The van der Waals surface area contributed by atoms with Gasteiger partial charge in [-0.25, -0.2) is 4.79 Å². The van der Waals surface area contributed by atoms with E-state index in [1.807, 2.05) is 50.2 Å². The number of primary amides is 1. The van der Waals surface area contributed by atoms with E-state index >= 15 is 24.0 Å². The number of aliphatic carboxylic acids is 1. The molecule has 36 nitrogen and oxygen atoms in total. The van der Waals surface area contributed by atoms with Gasteiger partial charge in [0, 0.05) is 52.0 Å². The molecule has 0 radical (unpaired) electrons. The van der Waals surface area contributed by atoms with Gasteiger partial charge in [-0.2, -0.15) is 4.98 Å². The van der Waals surface area contributed by atoms with Crippen molar-refractivity contribution >= 4 is 99.8 Å². The topological polar surface area (TPSA) is 564 Å². The van der Waals surface area contributed by atoms with Crippen LogP contribution >= 0.6 is 46.6 Å². The van der Waals surface area contributed by atoms with E-state index in [9.17, 15) is 60.3 Å². The monoisotopic (exact) mass is 1750 g/mol. The summed E-state index contributed by atoms with van der Waals surface area (Å²) in [6, 6.07) is 14.5. The number of aliphatic hydroxyl groups is 5. The van der Waals surface area contributed by atoms with E-state index in [1.165, 1.54) is 19.2 Å². The minimum atomic E-state index is -2.37. The maximum absolute atomic E-state index is 16.3. The molecule has 8 aromatic rings. The SMILES string of the molecule is CN[C@H](CC(C)C)C(=O)N[C@H]1C(=O)N[C@@H](CC(N)=O)C(=O)N[C@H]2C(=O)N[C@H]3C(=O)N[C@H](C(=O)N[C@H](C(=O)O)c4cc(O)cc(O)c4-c4cc3ccc4O)[C@H](O)c3ccc(c(Cl)c3)Oc3cc2cc(c3O[C@@H]2O[C@H](CSc3nc(N)n[nH]3)[C@@H](O)[C@H](O)[C@H]2O[C@H]2C[C@](C)(NCc3ccc(-c4ccc(Cl)cc4)cc3)[C@H](O)[C@H](C)O2)Oc2ccc(cc2Cl)[C@H]1O. The van der Waals surface area contributed by atoms with Gasteiger partial charge in [-0.05, 0) is 139 Å². The normalized spacial score (nSPS) is 26.5. The van der Waals surface area contributed by atoms with Crippen LogP contribution in [0.5, 0.6) is 46.0 Å². The largest absolute Gasteiger partial charge is 0.508 e. The van der Waals surface area contributed by atoms with Crippen molar-refractivity contribution in [3.63, 3.8) is 0 Å². The Labute approximate surface area is 708 Å². The Morgan fingerprint density at radius 3 is 1.93 bits per heavy atom. The van der Waals surface area contributed by atoms with E-state index in [0.29, 0.717) is 5.02 Å². The molecule has 0 saturated carbocycles. The number of likely N-dealkylation sites (N-methyl/N-ethyl adjacent to an activating group) is 1. The zero-order valence-corrected chi connectivity index (χ0v) is 68.0. The number of aliphatic hydroxyl groups excluding tert-OH is 5. The van der Waals surface area contributed by atoms with Crippen LogP contribution < -0.4 is 68.2 Å². The average molecular weight is 1750 g/mol. The van der Waals surface area contributed by atoms with Crippen LogP contribution in [0.15, 0.2) is 133 Å². The number of hydrogen-bond acceptors (Lipinski definition) is 28. The molecule has 7 amide bonds. The molecule has 15 rings (SSSR count). The fourth-order valence-corrected chi connectivity index (χ4v) is 16.3. The number of rotatable bonds is 19. The number of carboxylic acid groups (broad SMARTS) is 1. The molecule has 2 saturated heterocycles. The van der Waals surface area contributed by atoms with E-state index in [4.69, 9.17) is 74.7 Å². The Morgan fingerprint density at radius 1 is 0.694 bits per heavy atom. The van der Waals surface area contributed by atoms with E-state index in [2.05, 4.69) is 57.7 Å². The standard InChI is InChI=1S/C81H86Cl3N13O23S/c1-32(2)20-47(87-5)71(107)93-62-64(102)38-13-18-51(45(83)22-38)116-53-24-40-25-54(68(53)120-78-69(67(105)66(104)55(118-78)31-121-80-95-79(86)96-97-80)119-57-29-81(4,70(106)33(3)115-57)88-30-34-6-8-35(9-7-34)36-10-15-41(82)16-11-36)117-52-19-14-39(23-46(52)84)65(103)63-76(112)92-61(77(113)114)44-26-42(98)27-50(100)58(44)43-21-37(12-17-49(43)99)59(73(109)94-63)91-74(110)60(40)90-72(108)48(28-56(85)101)89-75(62)111/h6-19,21-27,32-33,47-48,55,57,59-67,69-70,78,87-88,98-100,102-106H,20,28-31H2,1-5H3,(H2,85,101)(H,89,111)(H,90,108)(H,91,110)(H,92,112)(H,93,107)(H,94,109)(H,113,114)(H3,86,95,96,97)/t33-,47+,48-,55+,57-,59+,60+,61-,62+,63-,64+,65+,66+,67-,69+,70+,78-,81-/m0/s1. The lowest BCUT2D eigenvalue weighted by Gasteiger charge is -2.48. The van der Waals surface area contributed by atoms with Crippen LogP contribution in [0.4, 0.5) is 5.95 Å². The van der Waals surface area contributed by atoms with Crippen molar-refractivity contribution in [2.45, 2.75) is 168 Å². The number of benzene rings is 7. The lowest BCUT2D eigenvalue weighted by atomic mass is 9.84. The van der Waals surface area contributed by atoms with Crippen molar-refractivity contribution in [3.05, 3.63) is 176 Å². The molecule has 0 spiro atoms. The zero-order valence-electron chi connectivity index (χ0n) is 64.9. The number of nitrogen functional groups attached to an aromatic ring is 1. The summed E-state index contributed by atoms with van der Waals surface area (Å²) < 4.78 is 40.5. The number of carbonyl (C=O) groups is 8. The number of nitrogens with zero attached hydrogens (tertiary/aromatic N) is 2. The first kappa shape index (κ1) is 87.7. The molecule has 1 aromatic heterocycles. The number of H-pyrrole nitrogens is 1. The third kappa shape index (κ3) is 19.4. The van der Waals surface area contributed by atoms with E-state index in [-0.39, 0.29) is 69.6 Å². The minimum Gasteiger partial charge on any atom is -0.508 e. The summed E-state index contributed by atoms with van der Waals surface area (Å²) in [4.78, 5) is 123. The van der Waals surface area contributed by atoms with Crippen LogP contribution in [0.3, 0.4) is 0 Å². The van der Waals surface area contributed by atoms with E-state index in [0.717, 1.165) is 95.2 Å². The average Bonchev–Trinajstić information content (AvgIpc) is 0.830. The predicted octanol–water partition coefficient (Wildman–Crippen LogP) is 4.76. The summed E-state index contributed by atoms with van der Waals surface area (Å²) in [5, 5.41) is 135. The number of nitrogens with two attached hydrogens (primary N) is 2. The molecule has 8 heterocycles. The smallest absolute Gasteiger partial charge is 0.330 e. The third-order valence-electron chi connectivity index (χ3n) is 21.2. The van der Waals surface area contributed by atoms with Crippen molar-refractivity contribution in [1.82, 2.24) is 57.7 Å². The van der Waals surface area contributed by atoms with Crippen LogP contribution in [0, 0.1) is 5.92 Å². The quantitative estimate of drug-likeness (QED) is 0.0485. The Kier molecular flexibility index (Phi) is 26.6. The molecular weight excluding hydrogens is 1660 g/mol. The molecule has 640 valence electrons. The summed E-state index contributed by atoms with van der Waals surface area (Å²) in [5.74, 6) is -16.4. The molecule has 7 aliphatic heterocycles. The molecule has 22 N–H and O–H groups in total. The van der Waals surface area contributed by atoms with Gasteiger partial charge in [0.05, 0.1) is 40.8 Å². The number of aromatic nitrogens is 3. The van der Waals surface area contributed by atoms with Crippen molar-refractivity contribution < 1.29 is 113 Å². The molecule has 0 unspecified atom stereocenters. The van der Waals surface area contributed by atoms with Gasteiger partial charge in [-0.15, -0.1) is 5.10 Å². The highest BCUT2D eigenvalue weighted by molar-refractivity contribution is 7.99. The second-order valence-corrected chi connectivity index (χ2v) is 32.6. The first-order chi connectivity index (χ1) is 57.5. The number of phenols is 3. The Bertz CT molecular complexity index is 5290. The lowest BCUT2D eigenvalue weighted by Crippen LogP contribution is -2.65. The maximum atomic E-state index is 16.3. The highest BCUT2D eigenvalue weighted by Gasteiger charge is 2.53. The van der Waals surface area contributed by atoms with E-state index in [1.54, 1.807) is 26.0 Å². The molecule has 121 heavy (non-hydrogen) atoms. The maximum Gasteiger partial charge on any atom is 0.330 e. The third-order valence-corrected chi connectivity index (χ3v) is 23.0. The van der Waals surface area contributed by atoms with Gasteiger partial charge in [0.25, 0.3) is 0 Å². The van der Waals surface area contributed by atoms with Gasteiger partial charge in [-0.3, -0.25) is 38.7 Å². The zero-order chi connectivity index (χ0) is 86.9. The Hall–Kier alpha value is -11.1. The highest BCUT2D eigenvalue weighted by Crippen LogP contribution is 2.50. The number of amides is 7. The number of fused-ring (bicyclic) bond motifs is 15. The van der Waals surface area contributed by atoms with Gasteiger partial charge in [0.1, 0.15) is 83.4 Å². The number of halogens is 3. The number of carboxylic acids is 1. The van der Waals surface area contributed by atoms with E-state index < -0.39 is 231 Å². The first-order valence-electron chi connectivity index (χ1n) is 38.0. The summed E-state index contributed by atoms with van der Waals surface area (Å²) in [5.41, 5.74) is 10.2. The number of phenolic OH excluding ortho intramolecular Hbond substituents is 3. The Morgan fingerprint density at radius 2 is 1.31 bits per heavy atom. The number of aromatic hydroxyl groups is 3. The second-order valence-electron chi connectivity index (χ2n) is 30.3. The number of hydrogen-bond donors (Lipinski definition) is 20. The molecule has 11 bridgehead atoms. The fourth-order valence-electron chi connectivity index (χ4n) is 14.9. The van der Waals surface area contributed by atoms with Crippen LogP contribution in [0.25, 0.3) is 22.3 Å². The minimum absolute atomic E-state index is 0.111. The summed E-state index contributed by atoms with van der Waals surface area (Å²) in [7, 11) is 1.48.